The molecule has 0 bridgehead atoms. The van der Waals surface area contributed by atoms with Crippen molar-refractivity contribution in [3.63, 3.8) is 0 Å². The first-order valence-electron chi connectivity index (χ1n) is 8.98. The van der Waals surface area contributed by atoms with Crippen LogP contribution in [0.5, 0.6) is 5.75 Å². The molecule has 0 saturated carbocycles. The number of nitrogens with zero attached hydrogens (tertiary/aromatic N) is 3. The van der Waals surface area contributed by atoms with Gasteiger partial charge in [0.25, 0.3) is 5.91 Å². The molecule has 1 amide bonds. The van der Waals surface area contributed by atoms with Gasteiger partial charge < -0.3 is 15.8 Å². The number of Topliss-reactive ketones (excluding diaryl/α,β-unsaturated/α-hetero) is 1. The van der Waals surface area contributed by atoms with Gasteiger partial charge in [-0.2, -0.15) is 0 Å². The standard InChI is InChI=1S/C21H17N5O3S/c1-29-14-5-2-12(3-6-14)17(27)11-18-19(20(22)28)26-21(30-18)25-13-4-7-15-16(10-13)24-9-8-23-15/h2-10H,11H2,1H3,(H2,22,28)(H,25,26). The molecule has 0 radical (unpaired) electrons. The number of hydrogen-bond acceptors (Lipinski definition) is 8. The highest BCUT2D eigenvalue weighted by Gasteiger charge is 2.19. The lowest BCUT2D eigenvalue weighted by Crippen LogP contribution is -2.15. The molecule has 0 aliphatic carbocycles. The van der Waals surface area contributed by atoms with Crippen LogP contribution in [0, 0.1) is 0 Å². The summed E-state index contributed by atoms with van der Waals surface area (Å²) in [6, 6.07) is 12.3. The van der Waals surface area contributed by atoms with E-state index in [1.54, 1.807) is 43.8 Å². The highest BCUT2D eigenvalue weighted by Crippen LogP contribution is 2.28. The van der Waals surface area contributed by atoms with Crippen molar-refractivity contribution < 1.29 is 14.3 Å². The molecule has 0 aliphatic heterocycles. The van der Waals surface area contributed by atoms with Gasteiger partial charge in [-0.15, -0.1) is 11.3 Å². The van der Waals surface area contributed by atoms with Gasteiger partial charge in [0, 0.05) is 34.9 Å². The highest BCUT2D eigenvalue weighted by atomic mass is 32.1. The largest absolute Gasteiger partial charge is 0.497 e. The van der Waals surface area contributed by atoms with Crippen molar-refractivity contribution >= 4 is 44.9 Å². The first kappa shape index (κ1) is 19.5. The monoisotopic (exact) mass is 419 g/mol. The normalized spacial score (nSPS) is 10.7. The number of amides is 1. The fraction of sp³-hybridized carbons (Fsp3) is 0.0952. The number of aromatic nitrogens is 3. The van der Waals surface area contributed by atoms with Crippen LogP contribution < -0.4 is 15.8 Å². The number of thiazole rings is 1. The minimum Gasteiger partial charge on any atom is -0.497 e. The van der Waals surface area contributed by atoms with Crippen LogP contribution in [-0.4, -0.2) is 33.8 Å². The fourth-order valence-corrected chi connectivity index (χ4v) is 3.89. The number of nitrogens with two attached hydrogens (primary N) is 1. The van der Waals surface area contributed by atoms with Crippen LogP contribution in [0.25, 0.3) is 11.0 Å². The first-order chi connectivity index (χ1) is 14.5. The Morgan fingerprint density at radius 1 is 1.07 bits per heavy atom. The molecular formula is C21H17N5O3S. The minimum absolute atomic E-state index is 0.0210. The highest BCUT2D eigenvalue weighted by molar-refractivity contribution is 7.16. The molecular weight excluding hydrogens is 402 g/mol. The number of anilines is 2. The number of carbonyl (C=O) groups excluding carboxylic acids is 2. The number of hydrogen-bond donors (Lipinski definition) is 2. The number of methoxy groups -OCH3 is 1. The van der Waals surface area contributed by atoms with Gasteiger partial charge in [0.2, 0.25) is 0 Å². The first-order valence-corrected chi connectivity index (χ1v) is 9.79. The summed E-state index contributed by atoms with van der Waals surface area (Å²) in [6.45, 7) is 0. The van der Waals surface area contributed by atoms with Gasteiger partial charge >= 0.3 is 0 Å². The molecule has 2 heterocycles. The Kier molecular flexibility index (Phi) is 5.36. The quantitative estimate of drug-likeness (QED) is 0.441. The summed E-state index contributed by atoms with van der Waals surface area (Å²) in [5, 5.41) is 3.61. The number of primary amides is 1. The lowest BCUT2D eigenvalue weighted by molar-refractivity contribution is 0.0991. The minimum atomic E-state index is -0.679. The Bertz CT molecular complexity index is 1240. The summed E-state index contributed by atoms with van der Waals surface area (Å²) in [6.07, 6.45) is 3.26. The molecule has 0 fully saturated rings. The molecule has 2 aromatic carbocycles. The zero-order valence-electron chi connectivity index (χ0n) is 16.0. The van der Waals surface area contributed by atoms with Crippen molar-refractivity contribution in [3.05, 3.63) is 71.0 Å². The molecule has 0 saturated heterocycles. The Hall–Kier alpha value is -3.85. The molecule has 0 unspecified atom stereocenters. The van der Waals surface area contributed by atoms with Crippen LogP contribution in [0.15, 0.2) is 54.9 Å². The van der Waals surface area contributed by atoms with Crippen LogP contribution in [0.3, 0.4) is 0 Å². The van der Waals surface area contributed by atoms with Gasteiger partial charge in [0.05, 0.1) is 18.1 Å². The van der Waals surface area contributed by atoms with Crippen molar-refractivity contribution in [2.75, 3.05) is 12.4 Å². The summed E-state index contributed by atoms with van der Waals surface area (Å²) in [4.78, 5) is 37.8. The van der Waals surface area contributed by atoms with Crippen LogP contribution in [0.1, 0.15) is 25.7 Å². The van der Waals surface area contributed by atoms with Crippen molar-refractivity contribution in [3.8, 4) is 5.75 Å². The number of nitrogens with one attached hydrogen (secondary N) is 1. The van der Waals surface area contributed by atoms with E-state index >= 15 is 0 Å². The number of ketones is 1. The SMILES string of the molecule is COc1ccc(C(=O)Cc2sc(Nc3ccc4nccnc4c3)nc2C(N)=O)cc1. The van der Waals surface area contributed by atoms with E-state index < -0.39 is 5.91 Å². The van der Waals surface area contributed by atoms with E-state index in [4.69, 9.17) is 10.5 Å². The van der Waals surface area contributed by atoms with Crippen molar-refractivity contribution in [2.45, 2.75) is 6.42 Å². The lowest BCUT2D eigenvalue weighted by atomic mass is 10.1. The summed E-state index contributed by atoms with van der Waals surface area (Å²) >= 11 is 1.21. The Labute approximate surface area is 175 Å². The molecule has 4 aromatic rings. The van der Waals surface area contributed by atoms with E-state index in [9.17, 15) is 9.59 Å². The van der Waals surface area contributed by atoms with Crippen molar-refractivity contribution in [1.29, 1.82) is 0 Å². The van der Waals surface area contributed by atoms with E-state index in [-0.39, 0.29) is 17.9 Å². The molecule has 0 aliphatic rings. The Morgan fingerprint density at radius 3 is 2.50 bits per heavy atom. The third-order valence-electron chi connectivity index (χ3n) is 4.38. The number of fused-ring (bicyclic) bond motifs is 1. The van der Waals surface area contributed by atoms with Crippen molar-refractivity contribution in [1.82, 2.24) is 15.0 Å². The summed E-state index contributed by atoms with van der Waals surface area (Å²) in [5.41, 5.74) is 8.32. The summed E-state index contributed by atoms with van der Waals surface area (Å²) < 4.78 is 5.11. The third kappa shape index (κ3) is 4.11. The second kappa shape index (κ2) is 8.26. The molecule has 2 aromatic heterocycles. The van der Waals surface area contributed by atoms with Crippen LogP contribution in [0.2, 0.25) is 0 Å². The molecule has 0 spiro atoms. The molecule has 150 valence electrons. The second-order valence-corrected chi connectivity index (χ2v) is 7.45. The van der Waals surface area contributed by atoms with Gasteiger partial charge in [0.15, 0.2) is 10.9 Å². The van der Waals surface area contributed by atoms with Gasteiger partial charge in [-0.1, -0.05) is 0 Å². The van der Waals surface area contributed by atoms with E-state index in [0.29, 0.717) is 21.3 Å². The number of rotatable bonds is 7. The Balaban J connectivity index is 1.57. The fourth-order valence-electron chi connectivity index (χ4n) is 2.91. The van der Waals surface area contributed by atoms with Gasteiger partial charge in [-0.25, -0.2) is 4.98 Å². The molecule has 9 heteroatoms. The van der Waals surface area contributed by atoms with Gasteiger partial charge in [0.1, 0.15) is 11.4 Å². The van der Waals surface area contributed by atoms with Crippen LogP contribution in [-0.2, 0) is 6.42 Å². The molecule has 8 nitrogen and oxygen atoms in total. The average molecular weight is 419 g/mol. The van der Waals surface area contributed by atoms with Crippen molar-refractivity contribution in [2.24, 2.45) is 5.73 Å². The average Bonchev–Trinajstić information content (AvgIpc) is 3.16. The summed E-state index contributed by atoms with van der Waals surface area (Å²) in [7, 11) is 1.56. The summed E-state index contributed by atoms with van der Waals surface area (Å²) in [5.74, 6) is -0.161. The molecule has 0 atom stereocenters. The van der Waals surface area contributed by atoms with E-state index in [0.717, 1.165) is 16.7 Å². The van der Waals surface area contributed by atoms with E-state index in [2.05, 4.69) is 20.3 Å². The smallest absolute Gasteiger partial charge is 0.268 e. The Morgan fingerprint density at radius 2 is 1.80 bits per heavy atom. The van der Waals surface area contributed by atoms with Crippen LogP contribution in [0.4, 0.5) is 10.8 Å². The van der Waals surface area contributed by atoms with E-state index in [1.807, 2.05) is 18.2 Å². The van der Waals surface area contributed by atoms with E-state index in [1.165, 1.54) is 11.3 Å². The predicted molar refractivity (Wildman–Crippen MR) is 114 cm³/mol. The molecule has 3 N–H and O–H groups in total. The van der Waals surface area contributed by atoms with Crippen LogP contribution >= 0.6 is 11.3 Å². The third-order valence-corrected chi connectivity index (χ3v) is 5.36. The maximum Gasteiger partial charge on any atom is 0.268 e. The van der Waals surface area contributed by atoms with Gasteiger partial charge in [-0.3, -0.25) is 19.6 Å². The maximum absolute atomic E-state index is 12.7. The molecule has 30 heavy (non-hydrogen) atoms. The number of benzene rings is 2. The van der Waals surface area contributed by atoms with Gasteiger partial charge in [-0.05, 0) is 42.5 Å². The predicted octanol–water partition coefficient (Wildman–Crippen LogP) is 3.36. The molecule has 4 rings (SSSR count). The number of carbonyl (C=O) groups is 2. The maximum atomic E-state index is 12.7. The number of ether oxygens (including phenoxy) is 1. The second-order valence-electron chi connectivity index (χ2n) is 6.37. The zero-order valence-corrected chi connectivity index (χ0v) is 16.8. The topological polar surface area (TPSA) is 120 Å². The zero-order chi connectivity index (χ0) is 21.1. The lowest BCUT2D eigenvalue weighted by Gasteiger charge is -2.03.